The van der Waals surface area contributed by atoms with E-state index in [9.17, 15) is 4.79 Å². The standard InChI is InChI=1S/C10H8BrNOS/c11-4-3-10(13)9-5-8(14)2-1-7(9)6-12/h1-2,5,14H,3-4H2. The monoisotopic (exact) mass is 269 g/mol. The lowest BCUT2D eigenvalue weighted by molar-refractivity contribution is 0.0989. The zero-order valence-corrected chi connectivity index (χ0v) is 9.81. The Balaban J connectivity index is 3.12. The van der Waals surface area contributed by atoms with Crippen LogP contribution in [0.15, 0.2) is 23.1 Å². The SMILES string of the molecule is N#Cc1ccc(S)cc1C(=O)CCBr. The average molecular weight is 270 g/mol. The van der Waals surface area contributed by atoms with Crippen molar-refractivity contribution in [3.8, 4) is 6.07 Å². The van der Waals surface area contributed by atoms with Crippen LogP contribution in [-0.2, 0) is 0 Å². The molecule has 2 nitrogen and oxygen atoms in total. The Morgan fingerprint density at radius 2 is 2.29 bits per heavy atom. The Kier molecular flexibility index (Phi) is 4.18. The number of benzene rings is 1. The zero-order chi connectivity index (χ0) is 10.6. The van der Waals surface area contributed by atoms with Crippen LogP contribution in [-0.4, -0.2) is 11.1 Å². The minimum Gasteiger partial charge on any atom is -0.294 e. The van der Waals surface area contributed by atoms with Gasteiger partial charge in [-0.25, -0.2) is 0 Å². The van der Waals surface area contributed by atoms with E-state index in [1.807, 2.05) is 6.07 Å². The summed E-state index contributed by atoms with van der Waals surface area (Å²) in [5.74, 6) is -0.0330. The lowest BCUT2D eigenvalue weighted by atomic mass is 10.0. The summed E-state index contributed by atoms with van der Waals surface area (Å²) in [6, 6.07) is 6.94. The molecule has 0 atom stereocenters. The van der Waals surface area contributed by atoms with Crippen LogP contribution >= 0.6 is 28.6 Å². The number of hydrogen-bond acceptors (Lipinski definition) is 3. The number of hydrogen-bond donors (Lipinski definition) is 1. The van der Waals surface area contributed by atoms with Crippen LogP contribution in [0.2, 0.25) is 0 Å². The minimum atomic E-state index is -0.0330. The van der Waals surface area contributed by atoms with Gasteiger partial charge in [-0.2, -0.15) is 5.26 Å². The molecule has 0 aliphatic heterocycles. The van der Waals surface area contributed by atoms with Crippen LogP contribution < -0.4 is 0 Å². The molecule has 0 aliphatic rings. The van der Waals surface area contributed by atoms with Crippen LogP contribution in [0.25, 0.3) is 0 Å². The first kappa shape index (κ1) is 11.3. The Morgan fingerprint density at radius 3 is 2.86 bits per heavy atom. The van der Waals surface area contributed by atoms with Gasteiger partial charge in [0.05, 0.1) is 11.6 Å². The molecule has 72 valence electrons. The molecule has 0 saturated heterocycles. The van der Waals surface area contributed by atoms with E-state index >= 15 is 0 Å². The first-order chi connectivity index (χ1) is 6.69. The van der Waals surface area contributed by atoms with Crippen molar-refractivity contribution in [1.82, 2.24) is 0 Å². The molecule has 0 amide bonds. The third kappa shape index (κ3) is 2.60. The predicted molar refractivity (Wildman–Crippen MR) is 61.2 cm³/mol. The number of halogens is 1. The molecule has 4 heteroatoms. The number of ketones is 1. The molecule has 0 unspecified atom stereocenters. The van der Waals surface area contributed by atoms with Gasteiger partial charge in [-0.1, -0.05) is 15.9 Å². The van der Waals surface area contributed by atoms with Gasteiger partial charge in [0.15, 0.2) is 5.78 Å². The fourth-order valence-electron chi connectivity index (χ4n) is 1.08. The summed E-state index contributed by atoms with van der Waals surface area (Å²) >= 11 is 7.32. The van der Waals surface area contributed by atoms with Crippen LogP contribution in [0.1, 0.15) is 22.3 Å². The Labute approximate surface area is 96.5 Å². The highest BCUT2D eigenvalue weighted by Gasteiger charge is 2.10. The van der Waals surface area contributed by atoms with E-state index in [4.69, 9.17) is 5.26 Å². The molecule has 0 aliphatic carbocycles. The topological polar surface area (TPSA) is 40.9 Å². The highest BCUT2D eigenvalue weighted by Crippen LogP contribution is 2.16. The molecule has 0 N–H and O–H groups in total. The van der Waals surface area contributed by atoms with Gasteiger partial charge in [-0.05, 0) is 18.2 Å². The number of carbonyl (C=O) groups is 1. The van der Waals surface area contributed by atoms with Crippen molar-refractivity contribution < 1.29 is 4.79 Å². The molecule has 1 rings (SSSR count). The van der Waals surface area contributed by atoms with Gasteiger partial charge in [0.1, 0.15) is 0 Å². The summed E-state index contributed by atoms with van der Waals surface area (Å²) in [6.45, 7) is 0. The Morgan fingerprint density at radius 1 is 1.57 bits per heavy atom. The van der Waals surface area contributed by atoms with Crippen molar-refractivity contribution in [2.75, 3.05) is 5.33 Å². The van der Waals surface area contributed by atoms with E-state index in [1.165, 1.54) is 0 Å². The van der Waals surface area contributed by atoms with Gasteiger partial charge < -0.3 is 0 Å². The summed E-state index contributed by atoms with van der Waals surface area (Å²) in [5.41, 5.74) is 0.869. The Hall–Kier alpha value is -0.790. The van der Waals surface area contributed by atoms with Gasteiger partial charge in [0.25, 0.3) is 0 Å². The van der Waals surface area contributed by atoms with Crippen molar-refractivity contribution in [3.63, 3.8) is 0 Å². The molecular weight excluding hydrogens is 262 g/mol. The summed E-state index contributed by atoms with van der Waals surface area (Å²) in [4.78, 5) is 12.3. The first-order valence-electron chi connectivity index (χ1n) is 4.01. The zero-order valence-electron chi connectivity index (χ0n) is 7.33. The number of thiol groups is 1. The predicted octanol–water partition coefficient (Wildman–Crippen LogP) is 2.81. The van der Waals surface area contributed by atoms with Gasteiger partial charge >= 0.3 is 0 Å². The van der Waals surface area contributed by atoms with Gasteiger partial charge in [0.2, 0.25) is 0 Å². The average Bonchev–Trinajstić information content (AvgIpc) is 2.18. The van der Waals surface area contributed by atoms with E-state index in [0.29, 0.717) is 27.8 Å². The van der Waals surface area contributed by atoms with Crippen molar-refractivity contribution in [3.05, 3.63) is 29.3 Å². The highest BCUT2D eigenvalue weighted by atomic mass is 79.9. The molecule has 0 saturated carbocycles. The third-order valence-corrected chi connectivity index (χ3v) is 2.42. The van der Waals surface area contributed by atoms with Crippen LogP contribution in [0.3, 0.4) is 0 Å². The second-order valence-electron chi connectivity index (χ2n) is 2.70. The molecule has 0 radical (unpaired) electrons. The van der Waals surface area contributed by atoms with Crippen molar-refractivity contribution >= 4 is 34.3 Å². The van der Waals surface area contributed by atoms with E-state index in [1.54, 1.807) is 18.2 Å². The number of nitriles is 1. The van der Waals surface area contributed by atoms with Crippen LogP contribution in [0.4, 0.5) is 0 Å². The van der Waals surface area contributed by atoms with Gasteiger partial charge in [-0.15, -0.1) is 12.6 Å². The second-order valence-corrected chi connectivity index (χ2v) is 4.01. The number of nitrogens with zero attached hydrogens (tertiary/aromatic N) is 1. The number of Topliss-reactive ketones (excluding diaryl/α,β-unsaturated/α-hetero) is 1. The molecule has 0 fully saturated rings. The maximum atomic E-state index is 11.6. The summed E-state index contributed by atoms with van der Waals surface area (Å²) in [7, 11) is 0. The van der Waals surface area contributed by atoms with Crippen molar-refractivity contribution in [2.45, 2.75) is 11.3 Å². The molecule has 1 aromatic rings. The highest BCUT2D eigenvalue weighted by molar-refractivity contribution is 9.09. The Bertz CT molecular complexity index is 398. The normalized spacial score (nSPS) is 9.50. The van der Waals surface area contributed by atoms with Crippen LogP contribution in [0, 0.1) is 11.3 Å². The number of rotatable bonds is 3. The van der Waals surface area contributed by atoms with E-state index in [2.05, 4.69) is 28.6 Å². The van der Waals surface area contributed by atoms with E-state index in [-0.39, 0.29) is 5.78 Å². The molecule has 0 heterocycles. The van der Waals surface area contributed by atoms with Crippen molar-refractivity contribution in [2.24, 2.45) is 0 Å². The maximum absolute atomic E-state index is 11.6. The molecule has 0 bridgehead atoms. The lowest BCUT2D eigenvalue weighted by Crippen LogP contribution is -2.02. The van der Waals surface area contributed by atoms with Crippen LogP contribution in [0.5, 0.6) is 0 Å². The van der Waals surface area contributed by atoms with Gasteiger partial charge in [0, 0.05) is 22.2 Å². The summed E-state index contributed by atoms with van der Waals surface area (Å²) in [5, 5.41) is 9.39. The van der Waals surface area contributed by atoms with Gasteiger partial charge in [-0.3, -0.25) is 4.79 Å². The quantitative estimate of drug-likeness (QED) is 0.521. The second kappa shape index (κ2) is 5.18. The molecule has 0 spiro atoms. The summed E-state index contributed by atoms with van der Waals surface area (Å²) in [6.07, 6.45) is 0.395. The smallest absolute Gasteiger partial charge is 0.165 e. The van der Waals surface area contributed by atoms with Crippen molar-refractivity contribution in [1.29, 1.82) is 5.26 Å². The molecular formula is C10H8BrNOS. The fraction of sp³-hybridized carbons (Fsp3) is 0.200. The minimum absolute atomic E-state index is 0.0330. The van der Waals surface area contributed by atoms with E-state index in [0.717, 1.165) is 0 Å². The molecule has 0 aromatic heterocycles. The number of carbonyl (C=O) groups excluding carboxylic acids is 1. The first-order valence-corrected chi connectivity index (χ1v) is 5.58. The molecule has 14 heavy (non-hydrogen) atoms. The van der Waals surface area contributed by atoms with E-state index < -0.39 is 0 Å². The summed E-state index contributed by atoms with van der Waals surface area (Å²) < 4.78 is 0. The molecule has 1 aromatic carbocycles. The lowest BCUT2D eigenvalue weighted by Gasteiger charge is -2.02. The largest absolute Gasteiger partial charge is 0.294 e. The maximum Gasteiger partial charge on any atom is 0.165 e. The fourth-order valence-corrected chi connectivity index (χ4v) is 1.64. The third-order valence-electron chi connectivity index (χ3n) is 1.75. The number of alkyl halides is 1.